The van der Waals surface area contributed by atoms with Gasteiger partial charge in [0.25, 0.3) is 0 Å². The van der Waals surface area contributed by atoms with Crippen LogP contribution in [0.25, 0.3) is 11.3 Å². The van der Waals surface area contributed by atoms with Gasteiger partial charge in [-0.25, -0.2) is 18.4 Å². The summed E-state index contributed by atoms with van der Waals surface area (Å²) in [6.45, 7) is 4.30. The monoisotopic (exact) mass is 481 g/mol. The van der Waals surface area contributed by atoms with Crippen molar-refractivity contribution in [3.05, 3.63) is 60.3 Å². The standard InChI is InChI=1S/C24H27N5O4S/c1-17(2)16-33-23-9-4-18(14-19(23)15-25)22-10-11-26-24(28-22)27-20-5-7-21(8-6-20)29(12-13-30)34(3,31)32/h4-11,14,17,30H,12-13,16H2,1-3H3,(H,26,27,28). The molecule has 0 aliphatic heterocycles. The second-order valence-electron chi connectivity index (χ2n) is 8.02. The summed E-state index contributed by atoms with van der Waals surface area (Å²) in [5.41, 5.74) is 2.92. The minimum Gasteiger partial charge on any atom is -0.492 e. The first kappa shape index (κ1) is 25.0. The summed E-state index contributed by atoms with van der Waals surface area (Å²) < 4.78 is 30.8. The van der Waals surface area contributed by atoms with Gasteiger partial charge in [-0.15, -0.1) is 0 Å². The van der Waals surface area contributed by atoms with Crippen molar-refractivity contribution in [1.82, 2.24) is 9.97 Å². The maximum atomic E-state index is 12.0. The van der Waals surface area contributed by atoms with Crippen molar-refractivity contribution in [2.75, 3.05) is 35.6 Å². The minimum atomic E-state index is -3.51. The van der Waals surface area contributed by atoms with Gasteiger partial charge in [0.05, 0.1) is 43.0 Å². The van der Waals surface area contributed by atoms with Crippen LogP contribution < -0.4 is 14.4 Å². The summed E-state index contributed by atoms with van der Waals surface area (Å²) >= 11 is 0. The van der Waals surface area contributed by atoms with E-state index in [0.717, 1.165) is 16.1 Å². The lowest BCUT2D eigenvalue weighted by molar-refractivity contribution is 0.270. The lowest BCUT2D eigenvalue weighted by atomic mass is 10.1. The Bertz CT molecular complexity index is 1270. The van der Waals surface area contributed by atoms with E-state index in [9.17, 15) is 13.7 Å². The van der Waals surface area contributed by atoms with Crippen LogP contribution in [0.4, 0.5) is 17.3 Å². The van der Waals surface area contributed by atoms with Crippen molar-refractivity contribution < 1.29 is 18.3 Å². The van der Waals surface area contributed by atoms with Gasteiger partial charge >= 0.3 is 0 Å². The highest BCUT2D eigenvalue weighted by Crippen LogP contribution is 2.27. The molecule has 0 fully saturated rings. The van der Waals surface area contributed by atoms with Crippen LogP contribution in [0.3, 0.4) is 0 Å². The number of hydrogen-bond donors (Lipinski definition) is 2. The molecule has 0 aliphatic carbocycles. The molecule has 0 amide bonds. The normalized spacial score (nSPS) is 11.2. The summed E-state index contributed by atoms with van der Waals surface area (Å²) in [5, 5.41) is 21.8. The number of sulfonamides is 1. The lowest BCUT2D eigenvalue weighted by Crippen LogP contribution is -2.32. The van der Waals surface area contributed by atoms with Crippen LogP contribution in [0.5, 0.6) is 5.75 Å². The molecule has 9 nitrogen and oxygen atoms in total. The summed E-state index contributed by atoms with van der Waals surface area (Å²) in [6.07, 6.45) is 2.70. The number of nitriles is 1. The number of benzene rings is 2. The maximum Gasteiger partial charge on any atom is 0.232 e. The molecule has 0 radical (unpaired) electrons. The van der Waals surface area contributed by atoms with Gasteiger partial charge in [0.1, 0.15) is 11.8 Å². The van der Waals surface area contributed by atoms with E-state index < -0.39 is 10.0 Å². The zero-order valence-corrected chi connectivity index (χ0v) is 20.1. The largest absolute Gasteiger partial charge is 0.492 e. The van der Waals surface area contributed by atoms with Crippen LogP contribution in [-0.4, -0.2) is 49.5 Å². The summed E-state index contributed by atoms with van der Waals surface area (Å²) in [5.74, 6) is 1.23. The predicted molar refractivity (Wildman–Crippen MR) is 132 cm³/mol. The Morgan fingerprint density at radius 2 is 1.91 bits per heavy atom. The Kier molecular flexibility index (Phi) is 8.04. The third-order valence-corrected chi connectivity index (χ3v) is 5.93. The molecule has 3 rings (SSSR count). The van der Waals surface area contributed by atoms with Gasteiger partial charge in [-0.2, -0.15) is 5.26 Å². The maximum absolute atomic E-state index is 12.0. The number of rotatable bonds is 10. The second-order valence-corrected chi connectivity index (χ2v) is 9.93. The number of aliphatic hydroxyl groups excluding tert-OH is 1. The average molecular weight is 482 g/mol. The fourth-order valence-corrected chi connectivity index (χ4v) is 4.07. The number of nitrogens with one attached hydrogen (secondary N) is 1. The van der Waals surface area contributed by atoms with Crippen LogP contribution in [0.2, 0.25) is 0 Å². The van der Waals surface area contributed by atoms with E-state index in [1.165, 1.54) is 0 Å². The number of aromatic nitrogens is 2. The number of nitrogens with zero attached hydrogens (tertiary/aromatic N) is 4. The number of hydrogen-bond acceptors (Lipinski definition) is 8. The number of aliphatic hydroxyl groups is 1. The highest BCUT2D eigenvalue weighted by molar-refractivity contribution is 7.92. The first-order valence-corrected chi connectivity index (χ1v) is 12.5. The number of ether oxygens (including phenoxy) is 1. The molecule has 1 heterocycles. The third-order valence-electron chi connectivity index (χ3n) is 4.74. The molecular formula is C24H27N5O4S. The van der Waals surface area contributed by atoms with Crippen LogP contribution in [-0.2, 0) is 10.0 Å². The van der Waals surface area contributed by atoms with E-state index in [-0.39, 0.29) is 13.2 Å². The van der Waals surface area contributed by atoms with E-state index in [4.69, 9.17) is 9.84 Å². The van der Waals surface area contributed by atoms with Gasteiger partial charge in [-0.05, 0) is 54.4 Å². The predicted octanol–water partition coefficient (Wildman–Crippen LogP) is 3.55. The molecule has 0 bridgehead atoms. The minimum absolute atomic E-state index is 0.0250. The lowest BCUT2D eigenvalue weighted by Gasteiger charge is -2.21. The van der Waals surface area contributed by atoms with Crippen LogP contribution in [0.15, 0.2) is 54.7 Å². The summed E-state index contributed by atoms with van der Waals surface area (Å²) in [7, 11) is -3.51. The van der Waals surface area contributed by atoms with E-state index in [1.807, 2.05) is 19.9 Å². The highest BCUT2D eigenvalue weighted by atomic mass is 32.2. The Hall–Kier alpha value is -3.68. The molecule has 0 unspecified atom stereocenters. The highest BCUT2D eigenvalue weighted by Gasteiger charge is 2.16. The second kappa shape index (κ2) is 11.0. The van der Waals surface area contributed by atoms with E-state index >= 15 is 0 Å². The SMILES string of the molecule is CC(C)COc1ccc(-c2ccnc(Nc3ccc(N(CCO)S(C)(=O)=O)cc3)n2)cc1C#N. The summed E-state index contributed by atoms with van der Waals surface area (Å²) in [6, 6.07) is 15.9. The zero-order chi connectivity index (χ0) is 24.7. The first-order valence-electron chi connectivity index (χ1n) is 10.7. The van der Waals surface area contributed by atoms with Gasteiger partial charge in [-0.3, -0.25) is 4.31 Å². The molecule has 3 aromatic rings. The average Bonchev–Trinajstić information content (AvgIpc) is 2.81. The van der Waals surface area contributed by atoms with Crippen LogP contribution >= 0.6 is 0 Å². The Balaban J connectivity index is 1.79. The van der Waals surface area contributed by atoms with Crippen LogP contribution in [0, 0.1) is 17.2 Å². The number of anilines is 3. The molecule has 0 spiro atoms. The van der Waals surface area contributed by atoms with Crippen molar-refractivity contribution >= 4 is 27.3 Å². The fraction of sp³-hybridized carbons (Fsp3) is 0.292. The molecule has 2 aromatic carbocycles. The topological polar surface area (TPSA) is 128 Å². The smallest absolute Gasteiger partial charge is 0.232 e. The van der Waals surface area contributed by atoms with Crippen molar-refractivity contribution in [2.45, 2.75) is 13.8 Å². The van der Waals surface area contributed by atoms with Crippen molar-refractivity contribution in [1.29, 1.82) is 5.26 Å². The third kappa shape index (κ3) is 6.43. The van der Waals surface area contributed by atoms with Crippen molar-refractivity contribution in [2.24, 2.45) is 5.92 Å². The van der Waals surface area contributed by atoms with Gasteiger partial charge in [0, 0.05) is 17.4 Å². The molecule has 0 saturated carbocycles. The molecule has 0 atom stereocenters. The molecular weight excluding hydrogens is 454 g/mol. The summed E-state index contributed by atoms with van der Waals surface area (Å²) in [4.78, 5) is 8.78. The van der Waals surface area contributed by atoms with Crippen LogP contribution in [0.1, 0.15) is 19.4 Å². The van der Waals surface area contributed by atoms with Gasteiger partial charge in [-0.1, -0.05) is 13.8 Å². The molecule has 0 saturated heterocycles. The molecule has 1 aromatic heterocycles. The molecule has 10 heteroatoms. The molecule has 34 heavy (non-hydrogen) atoms. The van der Waals surface area contributed by atoms with Crippen molar-refractivity contribution in [3.8, 4) is 23.1 Å². The Morgan fingerprint density at radius 3 is 2.53 bits per heavy atom. The van der Waals surface area contributed by atoms with Gasteiger partial charge in [0.2, 0.25) is 16.0 Å². The first-order chi connectivity index (χ1) is 16.2. The molecule has 0 aliphatic rings. The quantitative estimate of drug-likeness (QED) is 0.450. The molecule has 2 N–H and O–H groups in total. The van der Waals surface area contributed by atoms with Crippen molar-refractivity contribution in [3.63, 3.8) is 0 Å². The van der Waals surface area contributed by atoms with E-state index in [0.29, 0.717) is 46.9 Å². The van der Waals surface area contributed by atoms with E-state index in [1.54, 1.807) is 48.7 Å². The molecule has 178 valence electrons. The Morgan fingerprint density at radius 1 is 1.18 bits per heavy atom. The van der Waals surface area contributed by atoms with Gasteiger partial charge < -0.3 is 15.2 Å². The van der Waals surface area contributed by atoms with Gasteiger partial charge in [0.15, 0.2) is 0 Å². The Labute approximate surface area is 199 Å². The van der Waals surface area contributed by atoms with E-state index in [2.05, 4.69) is 21.4 Å². The zero-order valence-electron chi connectivity index (χ0n) is 19.3. The fourth-order valence-electron chi connectivity index (χ4n) is 3.16.